The van der Waals surface area contributed by atoms with Gasteiger partial charge in [0.15, 0.2) is 5.82 Å². The van der Waals surface area contributed by atoms with Gasteiger partial charge in [0.25, 0.3) is 16.1 Å². The summed E-state index contributed by atoms with van der Waals surface area (Å²) in [4.78, 5) is 4.30. The maximum Gasteiger partial charge on any atom is 0.408 e. The number of hydrogen-bond donors (Lipinski definition) is 1. The molecule has 13 heteroatoms. The van der Waals surface area contributed by atoms with Crippen LogP contribution in [0.15, 0.2) is 16.9 Å². The lowest BCUT2D eigenvalue weighted by Gasteiger charge is -2.30. The average Bonchev–Trinajstić information content (AvgIpc) is 2.92. The lowest BCUT2D eigenvalue weighted by atomic mass is 9.92. The fraction of sp³-hybridized carbons (Fsp3) is 0.643. The standard InChI is InChI=1S/C14H17F3N6O3S/c15-14(16,17)8-22-7-9(6-19-22)12-20-11(21-26-12)10-5-13(10)1-3-23(4-2-13)27(18,24)25/h6-7,10H,1-5,8H2,(H2,18,24,25)/t10-/m0/s1. The zero-order chi connectivity index (χ0) is 19.4. The first-order chi connectivity index (χ1) is 12.6. The largest absolute Gasteiger partial charge is 0.408 e. The van der Waals surface area contributed by atoms with Crippen LogP contribution in [-0.4, -0.2) is 51.9 Å². The van der Waals surface area contributed by atoms with Gasteiger partial charge in [0, 0.05) is 25.2 Å². The molecule has 1 saturated carbocycles. The quantitative estimate of drug-likeness (QED) is 0.816. The molecule has 0 aromatic carbocycles. The van der Waals surface area contributed by atoms with Gasteiger partial charge < -0.3 is 4.52 Å². The third kappa shape index (κ3) is 3.71. The molecule has 9 nitrogen and oxygen atoms in total. The second kappa shape index (κ2) is 6.01. The topological polar surface area (TPSA) is 120 Å². The summed E-state index contributed by atoms with van der Waals surface area (Å²) >= 11 is 0. The third-order valence-electron chi connectivity index (χ3n) is 5.24. The van der Waals surface area contributed by atoms with Crippen molar-refractivity contribution < 1.29 is 26.1 Å². The minimum atomic E-state index is -4.37. The Hall–Kier alpha value is -1.99. The average molecular weight is 406 g/mol. The van der Waals surface area contributed by atoms with Crippen LogP contribution in [0.25, 0.3) is 11.5 Å². The zero-order valence-electron chi connectivity index (χ0n) is 14.1. The maximum atomic E-state index is 12.4. The van der Waals surface area contributed by atoms with Gasteiger partial charge in [0.1, 0.15) is 6.54 Å². The Bertz CT molecular complexity index is 945. The van der Waals surface area contributed by atoms with Gasteiger partial charge in [0.2, 0.25) is 0 Å². The summed E-state index contributed by atoms with van der Waals surface area (Å²) in [6.07, 6.45) is 0.213. The van der Waals surface area contributed by atoms with Crippen molar-refractivity contribution in [3.8, 4) is 11.5 Å². The first kappa shape index (κ1) is 18.4. The Kier molecular flexibility index (Phi) is 4.09. The van der Waals surface area contributed by atoms with Crippen molar-refractivity contribution in [3.63, 3.8) is 0 Å². The molecule has 2 aromatic heterocycles. The van der Waals surface area contributed by atoms with E-state index in [1.54, 1.807) is 0 Å². The van der Waals surface area contributed by atoms with Gasteiger partial charge >= 0.3 is 6.18 Å². The number of alkyl halides is 3. The molecule has 0 unspecified atom stereocenters. The van der Waals surface area contributed by atoms with Crippen LogP contribution in [0.1, 0.15) is 31.0 Å². The molecule has 148 valence electrons. The second-order valence-electron chi connectivity index (χ2n) is 7.06. The maximum absolute atomic E-state index is 12.4. The van der Waals surface area contributed by atoms with E-state index in [1.165, 1.54) is 16.7 Å². The number of nitrogens with zero attached hydrogens (tertiary/aromatic N) is 5. The van der Waals surface area contributed by atoms with E-state index in [0.717, 1.165) is 11.1 Å². The Morgan fingerprint density at radius 1 is 1.33 bits per heavy atom. The fourth-order valence-electron chi connectivity index (χ4n) is 3.69. The minimum absolute atomic E-state index is 0.0443. The van der Waals surface area contributed by atoms with E-state index >= 15 is 0 Å². The van der Waals surface area contributed by atoms with Crippen LogP contribution in [0.2, 0.25) is 0 Å². The highest BCUT2D eigenvalue weighted by Gasteiger charge is 2.58. The van der Waals surface area contributed by atoms with Crippen LogP contribution in [0.5, 0.6) is 0 Å². The van der Waals surface area contributed by atoms with Crippen molar-refractivity contribution in [2.75, 3.05) is 13.1 Å². The van der Waals surface area contributed by atoms with E-state index in [4.69, 9.17) is 9.66 Å². The van der Waals surface area contributed by atoms with Gasteiger partial charge in [-0.2, -0.15) is 36.0 Å². The molecule has 4 rings (SSSR count). The predicted molar refractivity (Wildman–Crippen MR) is 85.3 cm³/mol. The Balaban J connectivity index is 1.43. The molecule has 1 saturated heterocycles. The lowest BCUT2D eigenvalue weighted by Crippen LogP contribution is -2.43. The summed E-state index contributed by atoms with van der Waals surface area (Å²) in [5, 5.41) is 12.8. The van der Waals surface area contributed by atoms with Gasteiger partial charge in [0.05, 0.1) is 11.8 Å². The molecular weight excluding hydrogens is 389 g/mol. The monoisotopic (exact) mass is 406 g/mol. The highest BCUT2D eigenvalue weighted by atomic mass is 32.2. The Morgan fingerprint density at radius 2 is 2.04 bits per heavy atom. The molecule has 0 bridgehead atoms. The summed E-state index contributed by atoms with van der Waals surface area (Å²) in [7, 11) is -3.68. The first-order valence-corrected chi connectivity index (χ1v) is 9.77. The predicted octanol–water partition coefficient (Wildman–Crippen LogP) is 1.27. The van der Waals surface area contributed by atoms with Crippen molar-refractivity contribution in [2.24, 2.45) is 10.6 Å². The molecular formula is C14H17F3N6O3S. The number of hydrogen-bond acceptors (Lipinski definition) is 6. The van der Waals surface area contributed by atoms with Crippen LogP contribution in [-0.2, 0) is 16.8 Å². The van der Waals surface area contributed by atoms with E-state index in [2.05, 4.69) is 15.2 Å². The van der Waals surface area contributed by atoms with Crippen LogP contribution in [0.4, 0.5) is 13.2 Å². The third-order valence-corrected chi connectivity index (χ3v) is 6.33. The van der Waals surface area contributed by atoms with Gasteiger partial charge in [-0.05, 0) is 24.7 Å². The van der Waals surface area contributed by atoms with Crippen molar-refractivity contribution in [1.82, 2.24) is 24.2 Å². The normalized spacial score (nSPS) is 23.0. The number of halogens is 3. The van der Waals surface area contributed by atoms with E-state index in [1.807, 2.05) is 0 Å². The highest BCUT2D eigenvalue weighted by Crippen LogP contribution is 2.64. The van der Waals surface area contributed by atoms with Crippen LogP contribution >= 0.6 is 0 Å². The molecule has 2 N–H and O–H groups in total. The van der Waals surface area contributed by atoms with E-state index in [9.17, 15) is 21.6 Å². The highest BCUT2D eigenvalue weighted by molar-refractivity contribution is 7.86. The smallest absolute Gasteiger partial charge is 0.334 e. The zero-order valence-corrected chi connectivity index (χ0v) is 14.9. The molecule has 1 spiro atoms. The first-order valence-electron chi connectivity index (χ1n) is 8.27. The summed E-state index contributed by atoms with van der Waals surface area (Å²) in [5.41, 5.74) is 0.250. The van der Waals surface area contributed by atoms with E-state index in [-0.39, 0.29) is 17.2 Å². The molecule has 2 fully saturated rings. The molecule has 2 aliphatic rings. The molecule has 2 aromatic rings. The molecule has 0 radical (unpaired) electrons. The number of rotatable bonds is 4. The SMILES string of the molecule is NS(=O)(=O)N1CCC2(CC1)C[C@H]2c1noc(-c2cnn(CC(F)(F)F)c2)n1. The van der Waals surface area contributed by atoms with Crippen molar-refractivity contribution in [1.29, 1.82) is 0 Å². The number of nitrogens with two attached hydrogens (primary N) is 1. The lowest BCUT2D eigenvalue weighted by molar-refractivity contribution is -0.142. The van der Waals surface area contributed by atoms with Crippen molar-refractivity contribution in [3.05, 3.63) is 18.2 Å². The van der Waals surface area contributed by atoms with Gasteiger partial charge in [-0.15, -0.1) is 0 Å². The Labute approximate surface area is 152 Å². The molecule has 1 atom stereocenters. The van der Waals surface area contributed by atoms with Crippen LogP contribution in [0.3, 0.4) is 0 Å². The number of aromatic nitrogens is 4. The van der Waals surface area contributed by atoms with E-state index < -0.39 is 22.9 Å². The van der Waals surface area contributed by atoms with Crippen LogP contribution < -0.4 is 5.14 Å². The summed E-state index contributed by atoms with van der Waals surface area (Å²) < 4.78 is 67.3. The van der Waals surface area contributed by atoms with Gasteiger partial charge in [-0.3, -0.25) is 4.68 Å². The van der Waals surface area contributed by atoms with Gasteiger partial charge in [-0.25, -0.2) is 5.14 Å². The summed E-state index contributed by atoms with van der Waals surface area (Å²) in [6, 6.07) is 0. The molecule has 3 heterocycles. The van der Waals surface area contributed by atoms with Gasteiger partial charge in [-0.1, -0.05) is 5.16 Å². The summed E-state index contributed by atoms with van der Waals surface area (Å²) in [5.74, 6) is 0.642. The number of piperidine rings is 1. The van der Waals surface area contributed by atoms with Crippen molar-refractivity contribution >= 4 is 10.2 Å². The summed E-state index contributed by atoms with van der Waals surface area (Å²) in [6.45, 7) is -0.491. The van der Waals surface area contributed by atoms with E-state index in [0.29, 0.717) is 37.3 Å². The van der Waals surface area contributed by atoms with Crippen molar-refractivity contribution in [2.45, 2.75) is 37.9 Å². The molecule has 0 amide bonds. The minimum Gasteiger partial charge on any atom is -0.334 e. The Morgan fingerprint density at radius 3 is 2.67 bits per heavy atom. The van der Waals surface area contributed by atoms with Crippen LogP contribution in [0, 0.1) is 5.41 Å². The molecule has 1 aliphatic heterocycles. The second-order valence-corrected chi connectivity index (χ2v) is 8.61. The molecule has 27 heavy (non-hydrogen) atoms. The molecule has 1 aliphatic carbocycles. The fourth-order valence-corrected chi connectivity index (χ4v) is 4.38.